The van der Waals surface area contributed by atoms with E-state index in [0.717, 1.165) is 0 Å². The van der Waals surface area contributed by atoms with Crippen LogP contribution in [0.25, 0.3) is 0 Å². The van der Waals surface area contributed by atoms with Gasteiger partial charge >= 0.3 is 0 Å². The first kappa shape index (κ1) is 7.24. The lowest BCUT2D eigenvalue weighted by Gasteiger charge is -2.26. The summed E-state index contributed by atoms with van der Waals surface area (Å²) in [5.74, 6) is 0. The zero-order valence-electron chi connectivity index (χ0n) is 6.14. The molecule has 0 spiro atoms. The molecule has 0 radical (unpaired) electrons. The Hall–Kier alpha value is 0.130. The van der Waals surface area contributed by atoms with Crippen LogP contribution in [-0.2, 0) is 0 Å². The Balaban J connectivity index is 2.40. The smallest absolute Gasteiger partial charge is 0.119 e. The van der Waals surface area contributed by atoms with Gasteiger partial charge in [0, 0.05) is 12.8 Å². The van der Waals surface area contributed by atoms with Gasteiger partial charge in [-0.15, -0.1) is 0 Å². The lowest BCUT2D eigenvalue weighted by molar-refractivity contribution is -0.885. The van der Waals surface area contributed by atoms with Gasteiger partial charge in [0.15, 0.2) is 0 Å². The molecular formula is C7H15NP+. The van der Waals surface area contributed by atoms with Crippen molar-refractivity contribution in [3.05, 3.63) is 0 Å². The first-order valence-corrected chi connectivity index (χ1v) is 4.79. The van der Waals surface area contributed by atoms with Gasteiger partial charge in [0.25, 0.3) is 0 Å². The van der Waals surface area contributed by atoms with Crippen LogP contribution < -0.4 is 0 Å². The van der Waals surface area contributed by atoms with Crippen LogP contribution in [0.4, 0.5) is 0 Å². The molecule has 1 fully saturated rings. The molecule has 0 aromatic carbocycles. The molecule has 9 heavy (non-hydrogen) atoms. The quantitative estimate of drug-likeness (QED) is 0.407. The number of hydrogen-bond acceptors (Lipinski definition) is 0. The van der Waals surface area contributed by atoms with Crippen molar-refractivity contribution >= 4 is 14.5 Å². The molecule has 0 bridgehead atoms. The molecule has 1 heterocycles. The number of hydrogen-bond donors (Lipinski definition) is 0. The number of likely N-dealkylation sites (tertiary alicyclic amines) is 1. The van der Waals surface area contributed by atoms with Gasteiger partial charge in [-0.2, -0.15) is 0 Å². The molecule has 0 amide bonds. The van der Waals surface area contributed by atoms with Gasteiger partial charge in [0.1, 0.15) is 6.29 Å². The maximum Gasteiger partial charge on any atom is 0.119 e. The maximum absolute atomic E-state index is 3.85. The van der Waals surface area contributed by atoms with Crippen LogP contribution in [0.5, 0.6) is 0 Å². The second-order valence-corrected chi connectivity index (χ2v) is 3.87. The number of nitrogens with zero attached hydrogens (tertiary/aromatic N) is 1. The van der Waals surface area contributed by atoms with Gasteiger partial charge in [0.05, 0.1) is 20.1 Å². The average molecular weight is 144 g/mol. The Labute approximate surface area is 59.1 Å². The molecule has 0 N–H and O–H groups in total. The fourth-order valence-electron chi connectivity index (χ4n) is 1.48. The highest BCUT2D eigenvalue weighted by Crippen LogP contribution is 2.18. The molecular weight excluding hydrogens is 129 g/mol. The van der Waals surface area contributed by atoms with Crippen molar-refractivity contribution in [1.29, 1.82) is 0 Å². The van der Waals surface area contributed by atoms with Crippen molar-refractivity contribution in [2.75, 3.05) is 26.4 Å². The van der Waals surface area contributed by atoms with Crippen molar-refractivity contribution in [1.82, 2.24) is 0 Å². The highest BCUT2D eigenvalue weighted by atomic mass is 31.1. The van der Waals surface area contributed by atoms with Crippen LogP contribution in [0.3, 0.4) is 0 Å². The number of quaternary nitrogens is 1. The molecule has 0 aliphatic carbocycles. The fourth-order valence-corrected chi connectivity index (χ4v) is 2.25. The number of rotatable bonds is 2. The minimum atomic E-state index is 1.25. The van der Waals surface area contributed by atoms with E-state index < -0.39 is 0 Å². The Morgan fingerprint density at radius 3 is 2.44 bits per heavy atom. The molecule has 1 rings (SSSR count). The third kappa shape index (κ3) is 1.77. The first-order valence-electron chi connectivity index (χ1n) is 3.53. The van der Waals surface area contributed by atoms with Gasteiger partial charge in [-0.3, -0.25) is 0 Å². The largest absolute Gasteiger partial charge is 0.319 e. The van der Waals surface area contributed by atoms with Crippen molar-refractivity contribution < 1.29 is 4.48 Å². The van der Waals surface area contributed by atoms with Gasteiger partial charge in [0.2, 0.25) is 0 Å². The molecule has 0 aromatic heterocycles. The van der Waals surface area contributed by atoms with Crippen LogP contribution in [0.1, 0.15) is 12.8 Å². The summed E-state index contributed by atoms with van der Waals surface area (Å²) in [4.78, 5) is 0. The maximum atomic E-state index is 3.85. The summed E-state index contributed by atoms with van der Waals surface area (Å²) in [6.45, 7) is 2.76. The van der Waals surface area contributed by atoms with E-state index in [2.05, 4.69) is 13.3 Å². The predicted octanol–water partition coefficient (Wildman–Crippen LogP) is 1.56. The Morgan fingerprint density at radius 1 is 1.44 bits per heavy atom. The highest BCUT2D eigenvalue weighted by molar-refractivity contribution is 7.36. The van der Waals surface area contributed by atoms with E-state index in [0.29, 0.717) is 0 Å². The summed E-state index contributed by atoms with van der Waals surface area (Å²) in [5.41, 5.74) is 0. The zero-order chi connectivity index (χ0) is 6.74. The van der Waals surface area contributed by atoms with E-state index in [1.54, 1.807) is 0 Å². The Morgan fingerprint density at radius 2 is 2.00 bits per heavy atom. The lowest BCUT2D eigenvalue weighted by Crippen LogP contribution is -2.39. The van der Waals surface area contributed by atoms with Crippen LogP contribution in [0.15, 0.2) is 0 Å². The van der Waals surface area contributed by atoms with Crippen molar-refractivity contribution in [2.24, 2.45) is 0 Å². The van der Waals surface area contributed by atoms with Crippen LogP contribution in [0, 0.1) is 0 Å². The summed E-state index contributed by atoms with van der Waals surface area (Å²) < 4.78 is 1.27. The fraction of sp³-hybridized carbons (Fsp3) is 0.857. The Kier molecular flexibility index (Phi) is 2.26. The molecule has 1 aliphatic rings. The van der Waals surface area contributed by atoms with E-state index >= 15 is 0 Å². The van der Waals surface area contributed by atoms with Gasteiger partial charge in [-0.25, -0.2) is 0 Å². The first-order chi connectivity index (χ1) is 4.27. The van der Waals surface area contributed by atoms with E-state index in [1.165, 1.54) is 44.9 Å². The molecule has 1 saturated heterocycles. The molecule has 0 aromatic rings. The molecule has 0 atom stereocenters. The lowest BCUT2D eigenvalue weighted by atomic mass is 10.4. The second kappa shape index (κ2) is 2.81. The predicted molar refractivity (Wildman–Crippen MR) is 44.1 cm³/mol. The molecule has 1 aliphatic heterocycles. The van der Waals surface area contributed by atoms with Gasteiger partial charge < -0.3 is 4.48 Å². The Bertz CT molecular complexity index is 105. The monoisotopic (exact) mass is 144 g/mol. The van der Waals surface area contributed by atoms with Crippen LogP contribution in [-0.4, -0.2) is 37.2 Å². The van der Waals surface area contributed by atoms with Gasteiger partial charge in [-0.1, -0.05) is 6.30 Å². The molecule has 52 valence electrons. The van der Waals surface area contributed by atoms with Crippen LogP contribution >= 0.6 is 8.20 Å². The minimum absolute atomic E-state index is 1.25. The summed E-state index contributed by atoms with van der Waals surface area (Å²) in [6, 6.07) is 0. The summed E-state index contributed by atoms with van der Waals surface area (Å²) in [6.07, 6.45) is 7.95. The van der Waals surface area contributed by atoms with E-state index in [1.807, 2.05) is 0 Å². The third-order valence-corrected chi connectivity index (χ3v) is 2.97. The molecule has 1 nitrogen and oxygen atoms in total. The van der Waals surface area contributed by atoms with Crippen molar-refractivity contribution in [3.63, 3.8) is 0 Å². The summed E-state index contributed by atoms with van der Waals surface area (Å²) in [5, 5.41) is 0. The minimum Gasteiger partial charge on any atom is -0.319 e. The SMILES string of the molecule is C=PC[N+]1(C)CCCC1. The zero-order valence-corrected chi connectivity index (χ0v) is 7.03. The summed E-state index contributed by atoms with van der Waals surface area (Å²) in [7, 11) is 3.64. The highest BCUT2D eigenvalue weighted by Gasteiger charge is 2.24. The standard InChI is InChI=1S/C7H15NP/c1-8(7-9-2)5-3-4-6-8/h2-7H2,1H3/q+1. The summed E-state index contributed by atoms with van der Waals surface area (Å²) >= 11 is 0. The van der Waals surface area contributed by atoms with E-state index in [9.17, 15) is 0 Å². The van der Waals surface area contributed by atoms with Crippen molar-refractivity contribution in [2.45, 2.75) is 12.8 Å². The molecule has 2 heteroatoms. The van der Waals surface area contributed by atoms with E-state index in [-0.39, 0.29) is 0 Å². The van der Waals surface area contributed by atoms with Crippen LogP contribution in [0.2, 0.25) is 0 Å². The van der Waals surface area contributed by atoms with E-state index in [4.69, 9.17) is 0 Å². The average Bonchev–Trinajstić information content (AvgIpc) is 2.16. The normalized spacial score (nSPS) is 25.0. The van der Waals surface area contributed by atoms with Crippen molar-refractivity contribution in [3.8, 4) is 0 Å². The second-order valence-electron chi connectivity index (χ2n) is 3.14. The van der Waals surface area contributed by atoms with Gasteiger partial charge in [-0.05, 0) is 8.20 Å². The topological polar surface area (TPSA) is 0 Å². The third-order valence-electron chi connectivity index (χ3n) is 2.09. The molecule has 0 saturated carbocycles. The molecule has 0 unspecified atom stereocenters.